The smallest absolute Gasteiger partial charge is 0.254 e. The van der Waals surface area contributed by atoms with Crippen LogP contribution in [0.25, 0.3) is 0 Å². The Hall–Kier alpha value is -3.21. The minimum absolute atomic E-state index is 0.0235. The number of benzene rings is 2. The van der Waals surface area contributed by atoms with Crippen molar-refractivity contribution < 1.29 is 14.3 Å². The second-order valence-electron chi connectivity index (χ2n) is 7.53. The van der Waals surface area contributed by atoms with Crippen molar-refractivity contribution in [1.82, 2.24) is 9.47 Å². The SMILES string of the molecule is CCCCOc1ccc(C(=O)N2CCn3cccc3[C@@H]2c2cccc(OC)c2)cc1. The molecule has 2 heterocycles. The van der Waals surface area contributed by atoms with E-state index in [1.54, 1.807) is 7.11 Å². The summed E-state index contributed by atoms with van der Waals surface area (Å²) in [5.74, 6) is 1.62. The predicted octanol–water partition coefficient (Wildman–Crippen LogP) is 4.92. The van der Waals surface area contributed by atoms with E-state index in [-0.39, 0.29) is 11.9 Å². The van der Waals surface area contributed by atoms with E-state index in [4.69, 9.17) is 9.47 Å². The first-order valence-corrected chi connectivity index (χ1v) is 10.5. The normalized spacial score (nSPS) is 15.5. The van der Waals surface area contributed by atoms with Gasteiger partial charge in [0.15, 0.2) is 0 Å². The molecule has 0 aliphatic carbocycles. The Morgan fingerprint density at radius 3 is 2.63 bits per heavy atom. The van der Waals surface area contributed by atoms with Crippen molar-refractivity contribution in [2.45, 2.75) is 32.4 Å². The number of ether oxygens (including phenoxy) is 2. The topological polar surface area (TPSA) is 43.7 Å². The van der Waals surface area contributed by atoms with Crippen molar-refractivity contribution >= 4 is 5.91 Å². The van der Waals surface area contributed by atoms with E-state index in [2.05, 4.69) is 29.8 Å². The monoisotopic (exact) mass is 404 g/mol. The first-order chi connectivity index (χ1) is 14.7. The van der Waals surface area contributed by atoms with Crippen molar-refractivity contribution in [3.8, 4) is 11.5 Å². The fraction of sp³-hybridized carbons (Fsp3) is 0.320. The summed E-state index contributed by atoms with van der Waals surface area (Å²) in [7, 11) is 1.66. The van der Waals surface area contributed by atoms with Gasteiger partial charge in [-0.15, -0.1) is 0 Å². The molecule has 5 heteroatoms. The molecule has 1 amide bonds. The van der Waals surface area contributed by atoms with E-state index in [1.165, 1.54) is 0 Å². The summed E-state index contributed by atoms with van der Waals surface area (Å²) in [4.78, 5) is 15.4. The van der Waals surface area contributed by atoms with Gasteiger partial charge in [0.25, 0.3) is 5.91 Å². The van der Waals surface area contributed by atoms with Gasteiger partial charge in [0.2, 0.25) is 0 Å². The third-order valence-corrected chi connectivity index (χ3v) is 5.58. The van der Waals surface area contributed by atoms with Crippen LogP contribution in [0.1, 0.15) is 47.4 Å². The fourth-order valence-electron chi connectivity index (χ4n) is 3.96. The second-order valence-corrected chi connectivity index (χ2v) is 7.53. The van der Waals surface area contributed by atoms with E-state index in [1.807, 2.05) is 53.4 Å². The molecule has 0 fully saturated rings. The van der Waals surface area contributed by atoms with Crippen LogP contribution in [0.3, 0.4) is 0 Å². The predicted molar refractivity (Wildman–Crippen MR) is 117 cm³/mol. The molecule has 0 saturated heterocycles. The Morgan fingerprint density at radius 1 is 1.03 bits per heavy atom. The number of carbonyl (C=O) groups is 1. The van der Waals surface area contributed by atoms with Gasteiger partial charge in [0.05, 0.1) is 19.8 Å². The molecule has 0 saturated carbocycles. The fourth-order valence-corrected chi connectivity index (χ4v) is 3.96. The van der Waals surface area contributed by atoms with Crippen LogP contribution in [0.5, 0.6) is 11.5 Å². The molecule has 1 aromatic heterocycles. The van der Waals surface area contributed by atoms with Gasteiger partial charge in [0.1, 0.15) is 11.5 Å². The minimum atomic E-state index is -0.156. The molecular weight excluding hydrogens is 376 g/mol. The Bertz CT molecular complexity index is 994. The Kier molecular flexibility index (Phi) is 6.07. The zero-order valence-electron chi connectivity index (χ0n) is 17.6. The summed E-state index contributed by atoms with van der Waals surface area (Å²) in [6.45, 7) is 4.27. The van der Waals surface area contributed by atoms with Crippen LogP contribution in [-0.4, -0.2) is 35.6 Å². The quantitative estimate of drug-likeness (QED) is 0.525. The van der Waals surface area contributed by atoms with Gasteiger partial charge in [-0.25, -0.2) is 0 Å². The molecular formula is C25H28N2O3. The van der Waals surface area contributed by atoms with E-state index >= 15 is 0 Å². The molecule has 30 heavy (non-hydrogen) atoms. The van der Waals surface area contributed by atoms with Crippen LogP contribution in [0.2, 0.25) is 0 Å². The van der Waals surface area contributed by atoms with Crippen LogP contribution in [0.15, 0.2) is 66.9 Å². The van der Waals surface area contributed by atoms with Crippen LogP contribution >= 0.6 is 0 Å². The molecule has 0 radical (unpaired) electrons. The van der Waals surface area contributed by atoms with Crippen LogP contribution < -0.4 is 9.47 Å². The minimum Gasteiger partial charge on any atom is -0.497 e. The van der Waals surface area contributed by atoms with Crippen LogP contribution in [0.4, 0.5) is 0 Å². The third-order valence-electron chi connectivity index (χ3n) is 5.58. The van der Waals surface area contributed by atoms with Crippen molar-refractivity contribution in [2.24, 2.45) is 0 Å². The van der Waals surface area contributed by atoms with Crippen molar-refractivity contribution in [3.63, 3.8) is 0 Å². The summed E-state index contributed by atoms with van der Waals surface area (Å²) in [5.41, 5.74) is 2.83. The summed E-state index contributed by atoms with van der Waals surface area (Å²) >= 11 is 0. The largest absolute Gasteiger partial charge is 0.497 e. The number of fused-ring (bicyclic) bond motifs is 1. The van der Waals surface area contributed by atoms with Gasteiger partial charge in [-0.2, -0.15) is 0 Å². The molecule has 1 atom stereocenters. The van der Waals surface area contributed by atoms with E-state index < -0.39 is 0 Å². The number of carbonyl (C=O) groups excluding carboxylic acids is 1. The molecule has 4 rings (SSSR count). The molecule has 1 aliphatic heterocycles. The average Bonchev–Trinajstić information content (AvgIpc) is 3.27. The Morgan fingerprint density at radius 2 is 1.87 bits per heavy atom. The number of amides is 1. The average molecular weight is 405 g/mol. The van der Waals surface area contributed by atoms with Gasteiger partial charge < -0.3 is 18.9 Å². The molecule has 2 aromatic carbocycles. The maximum absolute atomic E-state index is 13.5. The number of unbranched alkanes of at least 4 members (excludes halogenated alkanes) is 1. The number of hydrogen-bond donors (Lipinski definition) is 0. The van der Waals surface area contributed by atoms with Crippen molar-refractivity contribution in [1.29, 1.82) is 0 Å². The Labute approximate surface area is 177 Å². The van der Waals surface area contributed by atoms with Crippen molar-refractivity contribution in [3.05, 3.63) is 83.7 Å². The van der Waals surface area contributed by atoms with Gasteiger partial charge in [0, 0.05) is 30.5 Å². The molecule has 0 N–H and O–H groups in total. The molecule has 1 aliphatic rings. The summed E-state index contributed by atoms with van der Waals surface area (Å²) in [5, 5.41) is 0. The van der Waals surface area contributed by atoms with E-state index in [0.29, 0.717) is 18.7 Å². The number of hydrogen-bond acceptors (Lipinski definition) is 3. The number of nitrogens with zero attached hydrogens (tertiary/aromatic N) is 2. The maximum atomic E-state index is 13.5. The first kappa shape index (κ1) is 20.1. The van der Waals surface area contributed by atoms with Gasteiger partial charge in [-0.05, 0) is 60.5 Å². The standard InChI is InChI=1S/C25H28N2O3/c1-3-4-17-30-21-12-10-19(11-13-21)25(28)27-16-15-26-14-6-9-23(26)24(27)20-7-5-8-22(18-20)29-2/h5-14,18,24H,3-4,15-17H2,1-2H3/t24-/m0/s1. The zero-order valence-corrected chi connectivity index (χ0v) is 17.6. The maximum Gasteiger partial charge on any atom is 0.254 e. The Balaban J connectivity index is 1.62. The number of rotatable bonds is 7. The lowest BCUT2D eigenvalue weighted by atomic mass is 9.98. The highest BCUT2D eigenvalue weighted by molar-refractivity contribution is 5.95. The van der Waals surface area contributed by atoms with Gasteiger partial charge in [-0.3, -0.25) is 4.79 Å². The van der Waals surface area contributed by atoms with Crippen molar-refractivity contribution in [2.75, 3.05) is 20.3 Å². The summed E-state index contributed by atoms with van der Waals surface area (Å²) < 4.78 is 13.4. The zero-order chi connectivity index (χ0) is 20.9. The van der Waals surface area contributed by atoms with Crippen LogP contribution in [-0.2, 0) is 6.54 Å². The molecule has 0 unspecified atom stereocenters. The third kappa shape index (κ3) is 4.06. The molecule has 3 aromatic rings. The highest BCUT2D eigenvalue weighted by Gasteiger charge is 2.32. The second kappa shape index (κ2) is 9.08. The number of methoxy groups -OCH3 is 1. The lowest BCUT2D eigenvalue weighted by molar-refractivity contribution is 0.0664. The number of aromatic nitrogens is 1. The first-order valence-electron chi connectivity index (χ1n) is 10.5. The van der Waals surface area contributed by atoms with E-state index in [0.717, 1.165) is 42.1 Å². The highest BCUT2D eigenvalue weighted by Crippen LogP contribution is 2.35. The summed E-state index contributed by atoms with van der Waals surface area (Å²) in [6, 6.07) is 19.4. The molecule has 156 valence electrons. The van der Waals surface area contributed by atoms with Gasteiger partial charge >= 0.3 is 0 Å². The van der Waals surface area contributed by atoms with Crippen LogP contribution in [0, 0.1) is 0 Å². The molecule has 5 nitrogen and oxygen atoms in total. The lowest BCUT2D eigenvalue weighted by Crippen LogP contribution is -2.42. The van der Waals surface area contributed by atoms with Gasteiger partial charge in [-0.1, -0.05) is 25.5 Å². The van der Waals surface area contributed by atoms with E-state index in [9.17, 15) is 4.79 Å². The lowest BCUT2D eigenvalue weighted by Gasteiger charge is -2.37. The molecule has 0 spiro atoms. The highest BCUT2D eigenvalue weighted by atomic mass is 16.5. The summed E-state index contributed by atoms with van der Waals surface area (Å²) in [6.07, 6.45) is 4.20. The molecule has 0 bridgehead atoms.